The first-order chi connectivity index (χ1) is 11.8. The molecule has 9 heteroatoms. The van der Waals surface area contributed by atoms with Gasteiger partial charge in [0.1, 0.15) is 0 Å². The van der Waals surface area contributed by atoms with Gasteiger partial charge in [-0.15, -0.1) is 0 Å². The summed E-state index contributed by atoms with van der Waals surface area (Å²) in [5, 5.41) is 0. The fourth-order valence-corrected chi connectivity index (χ4v) is 6.08. The lowest BCUT2D eigenvalue weighted by Crippen LogP contribution is -2.34. The van der Waals surface area contributed by atoms with Crippen molar-refractivity contribution < 1.29 is 21.6 Å². The molecule has 0 spiro atoms. The van der Waals surface area contributed by atoms with Crippen molar-refractivity contribution in [1.29, 1.82) is 0 Å². The second-order valence-corrected chi connectivity index (χ2v) is 10.2. The average Bonchev–Trinajstić information content (AvgIpc) is 2.72. The lowest BCUT2D eigenvalue weighted by atomic mass is 10.1. The molecule has 2 fully saturated rings. The number of nitrogens with one attached hydrogen (secondary N) is 1. The highest BCUT2D eigenvalue weighted by atomic mass is 32.2. The zero-order valence-electron chi connectivity index (χ0n) is 13.8. The molecule has 138 valence electrons. The first-order valence-corrected chi connectivity index (χ1v) is 11.6. The summed E-state index contributed by atoms with van der Waals surface area (Å²) in [5.41, 5.74) is 0.177. The number of benzene rings is 1. The van der Waals surface area contributed by atoms with Crippen LogP contribution in [0.2, 0.25) is 0 Å². The van der Waals surface area contributed by atoms with E-state index in [1.165, 1.54) is 24.3 Å². The Balaban J connectivity index is 1.78. The van der Waals surface area contributed by atoms with E-state index < -0.39 is 26.0 Å². The number of rotatable bonds is 4. The van der Waals surface area contributed by atoms with Crippen molar-refractivity contribution in [3.05, 3.63) is 24.3 Å². The Labute approximate surface area is 148 Å². The first-order valence-electron chi connectivity index (χ1n) is 8.48. The number of hydrogen-bond acceptors (Lipinski definition) is 5. The molecule has 1 amide bonds. The SMILES string of the molecule is O=C1CCS(=O)(=O)N1c1ccc(S(=O)(=O)NC2CCCCCC2)cc1. The van der Waals surface area contributed by atoms with Gasteiger partial charge in [-0.05, 0) is 37.1 Å². The highest BCUT2D eigenvalue weighted by Crippen LogP contribution is 2.26. The molecule has 1 saturated heterocycles. The maximum Gasteiger partial charge on any atom is 0.242 e. The second-order valence-electron chi connectivity index (χ2n) is 6.53. The van der Waals surface area contributed by atoms with Gasteiger partial charge in [0.25, 0.3) is 0 Å². The summed E-state index contributed by atoms with van der Waals surface area (Å²) in [6, 6.07) is 5.35. The molecule has 7 nitrogen and oxygen atoms in total. The van der Waals surface area contributed by atoms with Crippen LogP contribution in [0.15, 0.2) is 29.2 Å². The van der Waals surface area contributed by atoms with Gasteiger partial charge in [-0.3, -0.25) is 4.79 Å². The summed E-state index contributed by atoms with van der Waals surface area (Å²) in [4.78, 5) is 11.9. The van der Waals surface area contributed by atoms with Crippen LogP contribution in [0.5, 0.6) is 0 Å². The van der Waals surface area contributed by atoms with Gasteiger partial charge in [0.2, 0.25) is 26.0 Å². The molecule has 0 bridgehead atoms. The minimum atomic E-state index is -3.66. The number of amides is 1. The number of hydrogen-bond donors (Lipinski definition) is 1. The molecular formula is C16H22N2O5S2. The summed E-state index contributed by atoms with van der Waals surface area (Å²) in [7, 11) is -7.31. The van der Waals surface area contributed by atoms with Gasteiger partial charge in [0.15, 0.2) is 0 Å². The first kappa shape index (κ1) is 18.3. The Hall–Kier alpha value is -1.45. The topological polar surface area (TPSA) is 101 Å². The van der Waals surface area contributed by atoms with Crippen molar-refractivity contribution in [3.63, 3.8) is 0 Å². The minimum Gasteiger partial charge on any atom is -0.273 e. The number of sulfonamides is 2. The summed E-state index contributed by atoms with van der Waals surface area (Å²) >= 11 is 0. The average molecular weight is 386 g/mol. The van der Waals surface area contributed by atoms with E-state index in [0.717, 1.165) is 42.8 Å². The standard InChI is InChI=1S/C16H22N2O5S2/c19-16-11-12-24(20,21)18(16)14-7-9-15(10-8-14)25(22,23)17-13-5-3-1-2-4-6-13/h7-10,13,17H,1-6,11-12H2. The summed E-state index contributed by atoms with van der Waals surface area (Å²) in [6.45, 7) is 0. The maximum atomic E-state index is 12.5. The van der Waals surface area contributed by atoms with E-state index in [-0.39, 0.29) is 28.8 Å². The predicted molar refractivity (Wildman–Crippen MR) is 94.1 cm³/mol. The van der Waals surface area contributed by atoms with E-state index in [1.54, 1.807) is 0 Å². The zero-order valence-corrected chi connectivity index (χ0v) is 15.5. The third kappa shape index (κ3) is 4.04. The molecule has 1 aliphatic heterocycles. The Kier molecular flexibility index (Phi) is 5.17. The third-order valence-electron chi connectivity index (χ3n) is 4.64. The van der Waals surface area contributed by atoms with E-state index in [2.05, 4.69) is 4.72 Å². The van der Waals surface area contributed by atoms with Crippen molar-refractivity contribution in [3.8, 4) is 0 Å². The Bertz CT molecular complexity index is 839. The van der Waals surface area contributed by atoms with E-state index in [0.29, 0.717) is 0 Å². The van der Waals surface area contributed by atoms with E-state index in [1.807, 2.05) is 0 Å². The molecular weight excluding hydrogens is 364 g/mol. The highest BCUT2D eigenvalue weighted by molar-refractivity contribution is 7.94. The molecule has 25 heavy (non-hydrogen) atoms. The van der Waals surface area contributed by atoms with Crippen molar-refractivity contribution in [2.24, 2.45) is 0 Å². The monoisotopic (exact) mass is 386 g/mol. The van der Waals surface area contributed by atoms with Crippen molar-refractivity contribution in [1.82, 2.24) is 4.72 Å². The smallest absolute Gasteiger partial charge is 0.242 e. The van der Waals surface area contributed by atoms with Gasteiger partial charge in [-0.1, -0.05) is 25.7 Å². The van der Waals surface area contributed by atoms with Crippen molar-refractivity contribution in [2.45, 2.75) is 55.9 Å². The fourth-order valence-electron chi connectivity index (χ4n) is 3.31. The molecule has 1 aromatic rings. The number of nitrogens with zero attached hydrogens (tertiary/aromatic N) is 1. The molecule has 3 rings (SSSR count). The number of carbonyl (C=O) groups excluding carboxylic acids is 1. The van der Waals surface area contributed by atoms with E-state index >= 15 is 0 Å². The van der Waals surface area contributed by atoms with Gasteiger partial charge < -0.3 is 0 Å². The molecule has 1 aliphatic carbocycles. The van der Waals surface area contributed by atoms with Crippen LogP contribution >= 0.6 is 0 Å². The van der Waals surface area contributed by atoms with Crippen LogP contribution in [0.4, 0.5) is 5.69 Å². The van der Waals surface area contributed by atoms with Gasteiger partial charge >= 0.3 is 0 Å². The number of anilines is 1. The van der Waals surface area contributed by atoms with Crippen LogP contribution in [-0.4, -0.2) is 34.5 Å². The molecule has 0 atom stereocenters. The Morgan fingerprint density at radius 2 is 1.60 bits per heavy atom. The highest BCUT2D eigenvalue weighted by Gasteiger charge is 2.36. The van der Waals surface area contributed by atoms with Gasteiger partial charge in [0.05, 0.1) is 16.3 Å². The molecule has 0 radical (unpaired) electrons. The largest absolute Gasteiger partial charge is 0.273 e. The van der Waals surface area contributed by atoms with Crippen molar-refractivity contribution >= 4 is 31.6 Å². The van der Waals surface area contributed by atoms with E-state index in [4.69, 9.17) is 0 Å². The van der Waals surface area contributed by atoms with Gasteiger partial charge in [0, 0.05) is 12.5 Å². The van der Waals surface area contributed by atoms with E-state index in [9.17, 15) is 21.6 Å². The van der Waals surface area contributed by atoms with Crippen LogP contribution in [-0.2, 0) is 24.8 Å². The maximum absolute atomic E-state index is 12.5. The molecule has 1 aromatic carbocycles. The lowest BCUT2D eigenvalue weighted by Gasteiger charge is -2.18. The molecule has 2 aliphatic rings. The zero-order chi connectivity index (χ0) is 18.1. The Morgan fingerprint density at radius 1 is 1.00 bits per heavy atom. The number of carbonyl (C=O) groups is 1. The molecule has 1 saturated carbocycles. The second kappa shape index (κ2) is 7.05. The minimum absolute atomic E-state index is 0.0500. The predicted octanol–water partition coefficient (Wildman–Crippen LogP) is 1.75. The molecule has 0 unspecified atom stereocenters. The molecule has 1 heterocycles. The van der Waals surface area contributed by atoms with Crippen LogP contribution in [0.3, 0.4) is 0 Å². The molecule has 0 aromatic heterocycles. The lowest BCUT2D eigenvalue weighted by molar-refractivity contribution is -0.116. The third-order valence-corrected chi connectivity index (χ3v) is 7.86. The van der Waals surface area contributed by atoms with Gasteiger partial charge in [-0.2, -0.15) is 0 Å². The van der Waals surface area contributed by atoms with Crippen LogP contribution in [0, 0.1) is 0 Å². The van der Waals surface area contributed by atoms with Crippen molar-refractivity contribution in [2.75, 3.05) is 10.1 Å². The van der Waals surface area contributed by atoms with Crippen LogP contribution in [0.1, 0.15) is 44.9 Å². The quantitative estimate of drug-likeness (QED) is 0.795. The Morgan fingerprint density at radius 3 is 2.12 bits per heavy atom. The normalized spacial score (nSPS) is 22.1. The van der Waals surface area contributed by atoms with Gasteiger partial charge in [-0.25, -0.2) is 25.9 Å². The molecule has 1 N–H and O–H groups in total. The summed E-state index contributed by atoms with van der Waals surface area (Å²) < 4.78 is 52.4. The summed E-state index contributed by atoms with van der Waals surface area (Å²) in [5.74, 6) is -0.707. The fraction of sp³-hybridized carbons (Fsp3) is 0.562. The summed E-state index contributed by atoms with van der Waals surface area (Å²) in [6.07, 6.45) is 5.90. The van der Waals surface area contributed by atoms with Crippen LogP contribution < -0.4 is 9.03 Å². The van der Waals surface area contributed by atoms with Crippen LogP contribution in [0.25, 0.3) is 0 Å².